The molecule has 0 aliphatic heterocycles. The number of hydrogen-bond acceptors (Lipinski definition) is 4. The molecule has 0 aliphatic carbocycles. The smallest absolute Gasteiger partial charge is 0.257 e. The second-order valence-corrected chi connectivity index (χ2v) is 6.04. The molecule has 0 saturated heterocycles. The van der Waals surface area contributed by atoms with Crippen molar-refractivity contribution in [3.63, 3.8) is 0 Å². The Kier molecular flexibility index (Phi) is 3.20. The van der Waals surface area contributed by atoms with Crippen LogP contribution < -0.4 is 5.56 Å². The van der Waals surface area contributed by atoms with Crippen molar-refractivity contribution in [1.29, 1.82) is 0 Å². The van der Waals surface area contributed by atoms with Gasteiger partial charge in [-0.15, -0.1) is 11.3 Å². The Morgan fingerprint density at radius 1 is 1.04 bits per heavy atom. The maximum Gasteiger partial charge on any atom is 0.257 e. The first-order valence-corrected chi connectivity index (χ1v) is 7.96. The third kappa shape index (κ3) is 2.51. The molecule has 4 rings (SSSR count). The number of phenolic OH excluding ortho intramolecular Hbond substituents is 1. The van der Waals surface area contributed by atoms with Gasteiger partial charge in [0, 0.05) is 16.5 Å². The molecule has 112 valence electrons. The van der Waals surface area contributed by atoms with Gasteiger partial charge in [-0.1, -0.05) is 18.2 Å². The van der Waals surface area contributed by atoms with Gasteiger partial charge in [0.1, 0.15) is 10.8 Å². The standard InChI is InChI=1S/C18H12N2O2S/c21-13-7-5-11(6-8-13)18-20-16(10-23-18)14-9-12-3-1-2-4-15(12)19-17(14)22/h1-10,21H,(H,19,22). The van der Waals surface area contributed by atoms with Gasteiger partial charge in [-0.2, -0.15) is 0 Å². The van der Waals surface area contributed by atoms with Crippen LogP contribution in [0, 0.1) is 0 Å². The van der Waals surface area contributed by atoms with Gasteiger partial charge >= 0.3 is 0 Å². The molecule has 5 heteroatoms. The predicted octanol–water partition coefficient (Wildman–Crippen LogP) is 4.02. The summed E-state index contributed by atoms with van der Waals surface area (Å²) in [5.74, 6) is 0.219. The Balaban J connectivity index is 1.81. The number of thiazole rings is 1. The molecule has 0 amide bonds. The summed E-state index contributed by atoms with van der Waals surface area (Å²) in [6, 6.07) is 16.4. The van der Waals surface area contributed by atoms with Gasteiger partial charge in [0.25, 0.3) is 5.56 Å². The summed E-state index contributed by atoms with van der Waals surface area (Å²) in [6.07, 6.45) is 0. The van der Waals surface area contributed by atoms with E-state index in [0.29, 0.717) is 11.3 Å². The van der Waals surface area contributed by atoms with Crippen molar-refractivity contribution in [3.8, 4) is 27.6 Å². The number of H-pyrrole nitrogens is 1. The Bertz CT molecular complexity index is 1050. The second kappa shape index (κ2) is 5.37. The van der Waals surface area contributed by atoms with E-state index in [-0.39, 0.29) is 11.3 Å². The zero-order chi connectivity index (χ0) is 15.8. The summed E-state index contributed by atoms with van der Waals surface area (Å²) < 4.78 is 0. The predicted molar refractivity (Wildman–Crippen MR) is 92.8 cm³/mol. The van der Waals surface area contributed by atoms with Crippen LogP contribution in [-0.2, 0) is 0 Å². The molecular formula is C18H12N2O2S. The van der Waals surface area contributed by atoms with Crippen LogP contribution in [0.4, 0.5) is 0 Å². The SMILES string of the molecule is O=c1[nH]c2ccccc2cc1-c1csc(-c2ccc(O)cc2)n1. The van der Waals surface area contributed by atoms with E-state index in [9.17, 15) is 9.90 Å². The zero-order valence-corrected chi connectivity index (χ0v) is 12.8. The summed E-state index contributed by atoms with van der Waals surface area (Å²) in [6.45, 7) is 0. The highest BCUT2D eigenvalue weighted by Gasteiger charge is 2.11. The first-order chi connectivity index (χ1) is 11.2. The van der Waals surface area contributed by atoms with Crippen molar-refractivity contribution in [1.82, 2.24) is 9.97 Å². The Morgan fingerprint density at radius 2 is 1.83 bits per heavy atom. The molecule has 0 spiro atoms. The van der Waals surface area contributed by atoms with E-state index in [1.54, 1.807) is 12.1 Å². The molecule has 2 aromatic carbocycles. The lowest BCUT2D eigenvalue weighted by Gasteiger charge is -2.00. The van der Waals surface area contributed by atoms with Gasteiger partial charge in [0.15, 0.2) is 0 Å². The van der Waals surface area contributed by atoms with Gasteiger partial charge in [-0.05, 0) is 41.8 Å². The van der Waals surface area contributed by atoms with Gasteiger partial charge in [0.2, 0.25) is 0 Å². The summed E-state index contributed by atoms with van der Waals surface area (Å²) in [5.41, 5.74) is 2.80. The number of aromatic hydroxyl groups is 1. The number of nitrogens with zero attached hydrogens (tertiary/aromatic N) is 1. The van der Waals surface area contributed by atoms with E-state index in [1.165, 1.54) is 11.3 Å². The number of aromatic nitrogens is 2. The first-order valence-electron chi connectivity index (χ1n) is 7.08. The van der Waals surface area contributed by atoms with Crippen LogP contribution in [0.15, 0.2) is 64.8 Å². The molecule has 0 unspecified atom stereocenters. The zero-order valence-electron chi connectivity index (χ0n) is 12.0. The Morgan fingerprint density at radius 3 is 2.65 bits per heavy atom. The van der Waals surface area contributed by atoms with Crippen LogP contribution in [-0.4, -0.2) is 15.1 Å². The van der Waals surface area contributed by atoms with E-state index in [0.717, 1.165) is 21.5 Å². The molecule has 2 N–H and O–H groups in total. The van der Waals surface area contributed by atoms with E-state index >= 15 is 0 Å². The van der Waals surface area contributed by atoms with Gasteiger partial charge in [0.05, 0.1) is 11.3 Å². The minimum Gasteiger partial charge on any atom is -0.508 e. The number of para-hydroxylation sites is 1. The number of pyridine rings is 1. The highest BCUT2D eigenvalue weighted by Crippen LogP contribution is 2.29. The summed E-state index contributed by atoms with van der Waals surface area (Å²) >= 11 is 1.47. The van der Waals surface area contributed by atoms with E-state index in [1.807, 2.05) is 47.8 Å². The maximum atomic E-state index is 12.3. The fourth-order valence-corrected chi connectivity index (χ4v) is 3.30. The molecular weight excluding hydrogens is 308 g/mol. The lowest BCUT2D eigenvalue weighted by molar-refractivity contribution is 0.475. The normalized spacial score (nSPS) is 11.0. The second-order valence-electron chi connectivity index (χ2n) is 5.18. The maximum absolute atomic E-state index is 12.3. The van der Waals surface area contributed by atoms with Gasteiger partial charge < -0.3 is 10.1 Å². The largest absolute Gasteiger partial charge is 0.508 e. The molecule has 0 fully saturated rings. The molecule has 4 nitrogen and oxygen atoms in total. The quantitative estimate of drug-likeness (QED) is 0.586. The lowest BCUT2D eigenvalue weighted by atomic mass is 10.1. The van der Waals surface area contributed by atoms with Crippen molar-refractivity contribution in [3.05, 3.63) is 70.3 Å². The molecule has 2 heterocycles. The third-order valence-corrected chi connectivity index (χ3v) is 4.54. The van der Waals surface area contributed by atoms with Crippen LogP contribution in [0.25, 0.3) is 32.7 Å². The van der Waals surface area contributed by atoms with Crippen LogP contribution in [0.2, 0.25) is 0 Å². The van der Waals surface area contributed by atoms with E-state index in [4.69, 9.17) is 0 Å². The molecule has 4 aromatic rings. The highest BCUT2D eigenvalue weighted by atomic mass is 32.1. The van der Waals surface area contributed by atoms with E-state index < -0.39 is 0 Å². The van der Waals surface area contributed by atoms with Crippen molar-refractivity contribution >= 4 is 22.2 Å². The van der Waals surface area contributed by atoms with E-state index in [2.05, 4.69) is 9.97 Å². The van der Waals surface area contributed by atoms with Crippen molar-refractivity contribution in [2.24, 2.45) is 0 Å². The average Bonchev–Trinajstić information content (AvgIpc) is 3.04. The van der Waals surface area contributed by atoms with Crippen LogP contribution in [0.5, 0.6) is 5.75 Å². The van der Waals surface area contributed by atoms with Gasteiger partial charge in [-0.3, -0.25) is 4.79 Å². The number of benzene rings is 2. The molecule has 23 heavy (non-hydrogen) atoms. The van der Waals surface area contributed by atoms with Crippen LogP contribution in [0.1, 0.15) is 0 Å². The number of phenols is 1. The third-order valence-electron chi connectivity index (χ3n) is 3.65. The number of fused-ring (bicyclic) bond motifs is 1. The minimum absolute atomic E-state index is 0.147. The monoisotopic (exact) mass is 320 g/mol. The fraction of sp³-hybridized carbons (Fsp3) is 0. The number of aromatic amines is 1. The summed E-state index contributed by atoms with van der Waals surface area (Å²) in [7, 11) is 0. The molecule has 2 aromatic heterocycles. The molecule has 0 saturated carbocycles. The minimum atomic E-state index is -0.147. The number of hydrogen-bond donors (Lipinski definition) is 2. The molecule has 0 aliphatic rings. The molecule has 0 atom stereocenters. The first kappa shape index (κ1) is 13.7. The fourth-order valence-electron chi connectivity index (χ4n) is 2.47. The number of nitrogens with one attached hydrogen (secondary N) is 1. The van der Waals surface area contributed by atoms with Crippen LogP contribution >= 0.6 is 11.3 Å². The Hall–Kier alpha value is -2.92. The van der Waals surface area contributed by atoms with Gasteiger partial charge in [-0.25, -0.2) is 4.98 Å². The average molecular weight is 320 g/mol. The Labute approximate surface area is 135 Å². The van der Waals surface area contributed by atoms with Crippen molar-refractivity contribution in [2.75, 3.05) is 0 Å². The topological polar surface area (TPSA) is 66.0 Å². The molecule has 0 bridgehead atoms. The van der Waals surface area contributed by atoms with Crippen molar-refractivity contribution in [2.45, 2.75) is 0 Å². The number of rotatable bonds is 2. The lowest BCUT2D eigenvalue weighted by Crippen LogP contribution is -2.08. The summed E-state index contributed by atoms with van der Waals surface area (Å²) in [4.78, 5) is 19.8. The summed E-state index contributed by atoms with van der Waals surface area (Å²) in [5, 5.41) is 13.0. The van der Waals surface area contributed by atoms with Crippen molar-refractivity contribution < 1.29 is 5.11 Å². The van der Waals surface area contributed by atoms with Crippen LogP contribution in [0.3, 0.4) is 0 Å². The molecule has 0 radical (unpaired) electrons. The highest BCUT2D eigenvalue weighted by molar-refractivity contribution is 7.13.